The monoisotopic (exact) mass is 378 g/mol. The molecular weight excluding hydrogens is 352 g/mol. The van der Waals surface area contributed by atoms with Crippen molar-refractivity contribution in [2.45, 2.75) is 31.6 Å². The zero-order valence-corrected chi connectivity index (χ0v) is 16.0. The van der Waals surface area contributed by atoms with Gasteiger partial charge in [0.1, 0.15) is 0 Å². The van der Waals surface area contributed by atoms with E-state index >= 15 is 0 Å². The Labute approximate surface area is 165 Å². The molecule has 0 heterocycles. The third-order valence-electron chi connectivity index (χ3n) is 5.35. The van der Waals surface area contributed by atoms with E-state index in [0.717, 1.165) is 24.0 Å². The fourth-order valence-corrected chi connectivity index (χ4v) is 3.93. The minimum atomic E-state index is -0.975. The van der Waals surface area contributed by atoms with E-state index in [-0.39, 0.29) is 11.8 Å². The van der Waals surface area contributed by atoms with Crippen molar-refractivity contribution in [3.63, 3.8) is 0 Å². The summed E-state index contributed by atoms with van der Waals surface area (Å²) in [4.78, 5) is 25.3. The Balaban J connectivity index is 2.02. The molecular formula is C24H26O4. The van der Waals surface area contributed by atoms with E-state index in [9.17, 15) is 14.7 Å². The fraction of sp³-hybridized carbons (Fsp3) is 0.333. The van der Waals surface area contributed by atoms with Gasteiger partial charge >= 0.3 is 11.9 Å². The summed E-state index contributed by atoms with van der Waals surface area (Å²) in [5, 5.41) is 10.1. The molecule has 2 aromatic rings. The van der Waals surface area contributed by atoms with Crippen molar-refractivity contribution < 1.29 is 19.4 Å². The highest BCUT2D eigenvalue weighted by Gasteiger charge is 2.46. The van der Waals surface area contributed by atoms with E-state index in [1.165, 1.54) is 0 Å². The summed E-state index contributed by atoms with van der Waals surface area (Å²) in [5.74, 6) is -3.76. The highest BCUT2D eigenvalue weighted by atomic mass is 16.5. The summed E-state index contributed by atoms with van der Waals surface area (Å²) in [7, 11) is 0. The molecule has 0 aromatic heterocycles. The molecule has 3 rings (SSSR count). The SMILES string of the molecule is CCCCOC(=O)[C@H]1[C@@H](C(=O)O)[C@@H](c2ccccc2)C=C[C@H]1c1ccccc1. The highest BCUT2D eigenvalue weighted by Crippen LogP contribution is 2.45. The molecule has 28 heavy (non-hydrogen) atoms. The number of hydrogen-bond acceptors (Lipinski definition) is 3. The van der Waals surface area contributed by atoms with Gasteiger partial charge in [-0.1, -0.05) is 86.2 Å². The Kier molecular flexibility index (Phi) is 6.64. The molecule has 4 nitrogen and oxygen atoms in total. The maximum Gasteiger partial charge on any atom is 0.310 e. The molecule has 4 heteroatoms. The number of hydrogen-bond donors (Lipinski definition) is 1. The summed E-state index contributed by atoms with van der Waals surface area (Å²) in [6, 6.07) is 19.1. The smallest absolute Gasteiger partial charge is 0.310 e. The molecule has 0 spiro atoms. The minimum Gasteiger partial charge on any atom is -0.481 e. The summed E-state index contributed by atoms with van der Waals surface area (Å²) in [6.07, 6.45) is 5.58. The van der Waals surface area contributed by atoms with E-state index in [1.807, 2.05) is 79.7 Å². The van der Waals surface area contributed by atoms with Gasteiger partial charge in [0, 0.05) is 11.8 Å². The molecule has 0 saturated carbocycles. The van der Waals surface area contributed by atoms with Gasteiger partial charge in [-0.2, -0.15) is 0 Å². The van der Waals surface area contributed by atoms with Crippen LogP contribution in [0.25, 0.3) is 0 Å². The number of ether oxygens (including phenoxy) is 1. The average Bonchev–Trinajstić information content (AvgIpc) is 2.74. The number of carbonyl (C=O) groups excluding carboxylic acids is 1. The second-order valence-electron chi connectivity index (χ2n) is 7.17. The maximum absolute atomic E-state index is 13.0. The number of rotatable bonds is 7. The Morgan fingerprint density at radius 3 is 1.82 bits per heavy atom. The molecule has 0 amide bonds. The molecule has 0 unspecified atom stereocenters. The third kappa shape index (κ3) is 4.33. The van der Waals surface area contributed by atoms with Crippen LogP contribution >= 0.6 is 0 Å². The van der Waals surface area contributed by atoms with Crippen LogP contribution in [0.5, 0.6) is 0 Å². The number of carboxylic acids is 1. The molecule has 0 fully saturated rings. The summed E-state index contributed by atoms with van der Waals surface area (Å²) >= 11 is 0. The highest BCUT2D eigenvalue weighted by molar-refractivity contribution is 5.84. The topological polar surface area (TPSA) is 63.6 Å². The van der Waals surface area contributed by atoms with Crippen LogP contribution in [-0.4, -0.2) is 23.7 Å². The molecule has 0 radical (unpaired) electrons. The first-order chi connectivity index (χ1) is 13.6. The second kappa shape index (κ2) is 9.36. The number of unbranched alkanes of at least 4 members (excludes halogenated alkanes) is 1. The number of allylic oxidation sites excluding steroid dienone is 2. The van der Waals surface area contributed by atoms with Crippen molar-refractivity contribution in [2.75, 3.05) is 6.61 Å². The quantitative estimate of drug-likeness (QED) is 0.428. The molecule has 0 aliphatic heterocycles. The lowest BCUT2D eigenvalue weighted by Gasteiger charge is -2.36. The Morgan fingerprint density at radius 2 is 1.36 bits per heavy atom. The molecule has 0 saturated heterocycles. The molecule has 146 valence electrons. The number of carbonyl (C=O) groups is 2. The lowest BCUT2D eigenvalue weighted by Crippen LogP contribution is -2.40. The first-order valence-electron chi connectivity index (χ1n) is 9.81. The van der Waals surface area contributed by atoms with Crippen molar-refractivity contribution in [1.82, 2.24) is 0 Å². The molecule has 4 atom stereocenters. The summed E-state index contributed by atoms with van der Waals surface area (Å²) < 4.78 is 5.50. The molecule has 0 bridgehead atoms. The molecule has 2 aromatic carbocycles. The van der Waals surface area contributed by atoms with Crippen LogP contribution in [-0.2, 0) is 14.3 Å². The maximum atomic E-state index is 13.0. The van der Waals surface area contributed by atoms with Gasteiger partial charge < -0.3 is 9.84 Å². The van der Waals surface area contributed by atoms with Crippen LogP contribution in [0.15, 0.2) is 72.8 Å². The van der Waals surface area contributed by atoms with Gasteiger partial charge in [-0.15, -0.1) is 0 Å². The average molecular weight is 378 g/mol. The van der Waals surface area contributed by atoms with E-state index in [4.69, 9.17) is 4.74 Å². The van der Waals surface area contributed by atoms with Crippen molar-refractivity contribution in [2.24, 2.45) is 11.8 Å². The van der Waals surface area contributed by atoms with E-state index in [2.05, 4.69) is 0 Å². The third-order valence-corrected chi connectivity index (χ3v) is 5.35. The Morgan fingerprint density at radius 1 is 0.857 bits per heavy atom. The van der Waals surface area contributed by atoms with Crippen LogP contribution in [0.1, 0.15) is 42.7 Å². The van der Waals surface area contributed by atoms with Crippen molar-refractivity contribution >= 4 is 11.9 Å². The van der Waals surface area contributed by atoms with Gasteiger partial charge in [0.2, 0.25) is 0 Å². The van der Waals surface area contributed by atoms with E-state index < -0.39 is 23.8 Å². The van der Waals surface area contributed by atoms with Crippen molar-refractivity contribution in [1.29, 1.82) is 0 Å². The van der Waals surface area contributed by atoms with Gasteiger partial charge in [0.05, 0.1) is 18.4 Å². The number of carboxylic acid groups (broad SMARTS) is 1. The van der Waals surface area contributed by atoms with Gasteiger partial charge in [-0.05, 0) is 17.5 Å². The van der Waals surface area contributed by atoms with Crippen LogP contribution in [0.2, 0.25) is 0 Å². The zero-order valence-electron chi connectivity index (χ0n) is 16.0. The summed E-state index contributed by atoms with van der Waals surface area (Å²) in [6.45, 7) is 2.34. The van der Waals surface area contributed by atoms with Crippen molar-refractivity contribution in [3.8, 4) is 0 Å². The zero-order chi connectivity index (χ0) is 19.9. The minimum absolute atomic E-state index is 0.319. The van der Waals surface area contributed by atoms with Crippen LogP contribution in [0, 0.1) is 11.8 Å². The molecule has 1 aliphatic carbocycles. The first kappa shape index (κ1) is 19.9. The standard InChI is InChI=1S/C24H26O4/c1-2-3-16-28-24(27)22-20(18-12-8-5-9-13-18)15-14-19(21(22)23(25)26)17-10-6-4-7-11-17/h4-15,19-22H,2-3,16H2,1H3,(H,25,26)/t19-,20+,21+,22-/m1/s1. The molecule has 1 aliphatic rings. The first-order valence-corrected chi connectivity index (χ1v) is 9.81. The normalized spacial score (nSPS) is 23.9. The number of aliphatic carboxylic acids is 1. The fourth-order valence-electron chi connectivity index (χ4n) is 3.93. The largest absolute Gasteiger partial charge is 0.481 e. The predicted molar refractivity (Wildman–Crippen MR) is 108 cm³/mol. The number of esters is 1. The van der Waals surface area contributed by atoms with Crippen molar-refractivity contribution in [3.05, 3.63) is 83.9 Å². The Bertz CT molecular complexity index is 813. The lowest BCUT2D eigenvalue weighted by atomic mass is 9.66. The van der Waals surface area contributed by atoms with Gasteiger partial charge in [0.15, 0.2) is 0 Å². The predicted octanol–water partition coefficient (Wildman–Crippen LogP) is 4.78. The van der Waals surface area contributed by atoms with Gasteiger partial charge in [-0.3, -0.25) is 9.59 Å². The van der Waals surface area contributed by atoms with Gasteiger partial charge in [0.25, 0.3) is 0 Å². The summed E-state index contributed by atoms with van der Waals surface area (Å²) in [5.41, 5.74) is 1.82. The van der Waals surface area contributed by atoms with Crippen LogP contribution in [0.4, 0.5) is 0 Å². The molecule has 1 N–H and O–H groups in total. The number of benzene rings is 2. The Hall–Kier alpha value is -2.88. The van der Waals surface area contributed by atoms with E-state index in [1.54, 1.807) is 0 Å². The van der Waals surface area contributed by atoms with E-state index in [0.29, 0.717) is 6.61 Å². The lowest BCUT2D eigenvalue weighted by molar-refractivity contribution is -0.159. The van der Waals surface area contributed by atoms with Crippen LogP contribution in [0.3, 0.4) is 0 Å². The van der Waals surface area contributed by atoms with Gasteiger partial charge in [-0.25, -0.2) is 0 Å². The second-order valence-corrected chi connectivity index (χ2v) is 7.17. The van der Waals surface area contributed by atoms with Crippen LogP contribution < -0.4 is 0 Å².